The van der Waals surface area contributed by atoms with Crippen LogP contribution in [0.4, 0.5) is 0 Å². The number of benzene rings is 2. The van der Waals surface area contributed by atoms with Crippen molar-refractivity contribution in [1.29, 1.82) is 0 Å². The predicted molar refractivity (Wildman–Crippen MR) is 83.2 cm³/mol. The predicted octanol–water partition coefficient (Wildman–Crippen LogP) is 2.82. The van der Waals surface area contributed by atoms with Gasteiger partial charge in [-0.15, -0.1) is 10.2 Å². The molecule has 0 saturated heterocycles. The number of aryl methyl sites for hydroxylation is 1. The minimum absolute atomic E-state index is 0.0859. The topological polar surface area (TPSA) is 56.7 Å². The molecule has 0 saturated carbocycles. The lowest BCUT2D eigenvalue weighted by Gasteiger charge is -2.13. The molecule has 1 unspecified atom stereocenters. The maximum Gasteiger partial charge on any atom is 0.139 e. The molecule has 0 aliphatic heterocycles. The van der Waals surface area contributed by atoms with Crippen molar-refractivity contribution in [3.8, 4) is 5.69 Å². The number of rotatable bonds is 4. The maximum absolute atomic E-state index is 6.30. The fourth-order valence-corrected chi connectivity index (χ4v) is 2.47. The molecular formula is C17H18N4. The van der Waals surface area contributed by atoms with E-state index in [1.165, 1.54) is 0 Å². The largest absolute Gasteiger partial charge is 0.324 e. The molecule has 0 aliphatic carbocycles. The molecule has 4 heteroatoms. The normalized spacial score (nSPS) is 12.3. The summed E-state index contributed by atoms with van der Waals surface area (Å²) in [6, 6.07) is 20.1. The average Bonchev–Trinajstić information content (AvgIpc) is 2.89. The minimum Gasteiger partial charge on any atom is -0.324 e. The van der Waals surface area contributed by atoms with E-state index >= 15 is 0 Å². The molecule has 0 bridgehead atoms. The Kier molecular flexibility index (Phi) is 3.79. The molecule has 1 aromatic heterocycles. The molecule has 0 fully saturated rings. The van der Waals surface area contributed by atoms with Crippen molar-refractivity contribution in [3.05, 3.63) is 77.9 Å². The number of hydrogen-bond acceptors (Lipinski definition) is 3. The lowest BCUT2D eigenvalue weighted by atomic mass is 10.0. The summed E-state index contributed by atoms with van der Waals surface area (Å²) in [6.07, 6.45) is 0.653. The van der Waals surface area contributed by atoms with Crippen LogP contribution in [-0.4, -0.2) is 14.8 Å². The Morgan fingerprint density at radius 2 is 1.57 bits per heavy atom. The van der Waals surface area contributed by atoms with Crippen LogP contribution in [0.1, 0.15) is 23.3 Å². The van der Waals surface area contributed by atoms with E-state index in [-0.39, 0.29) is 6.04 Å². The Morgan fingerprint density at radius 1 is 0.952 bits per heavy atom. The van der Waals surface area contributed by atoms with E-state index in [1.807, 2.05) is 67.6 Å². The summed E-state index contributed by atoms with van der Waals surface area (Å²) in [6.45, 7) is 1.96. The average molecular weight is 278 g/mol. The monoisotopic (exact) mass is 278 g/mol. The molecule has 4 nitrogen and oxygen atoms in total. The molecule has 1 heterocycles. The van der Waals surface area contributed by atoms with Gasteiger partial charge in [0.2, 0.25) is 0 Å². The summed E-state index contributed by atoms with van der Waals surface area (Å²) < 4.78 is 2.06. The van der Waals surface area contributed by atoms with Gasteiger partial charge in [-0.3, -0.25) is 4.57 Å². The Morgan fingerprint density at radius 3 is 2.24 bits per heavy atom. The highest BCUT2D eigenvalue weighted by molar-refractivity contribution is 5.34. The first-order valence-electron chi connectivity index (χ1n) is 7.02. The number of nitrogens with zero attached hydrogens (tertiary/aromatic N) is 3. The highest BCUT2D eigenvalue weighted by atomic mass is 15.3. The molecule has 1 atom stereocenters. The van der Waals surface area contributed by atoms with Crippen LogP contribution in [0.5, 0.6) is 0 Å². The van der Waals surface area contributed by atoms with Crippen molar-refractivity contribution in [2.75, 3.05) is 0 Å². The molecule has 0 radical (unpaired) electrons. The second-order valence-electron chi connectivity index (χ2n) is 5.06. The van der Waals surface area contributed by atoms with Gasteiger partial charge in [-0.2, -0.15) is 0 Å². The molecule has 0 spiro atoms. The molecule has 3 aromatic rings. The van der Waals surface area contributed by atoms with Gasteiger partial charge in [-0.25, -0.2) is 0 Å². The molecule has 2 aromatic carbocycles. The van der Waals surface area contributed by atoms with Gasteiger partial charge < -0.3 is 5.73 Å². The second-order valence-corrected chi connectivity index (χ2v) is 5.06. The van der Waals surface area contributed by atoms with Crippen molar-refractivity contribution in [3.63, 3.8) is 0 Å². The lowest BCUT2D eigenvalue weighted by molar-refractivity contribution is 0.673. The number of nitrogens with two attached hydrogens (primary N) is 1. The van der Waals surface area contributed by atoms with Gasteiger partial charge in [-0.05, 0) is 24.6 Å². The number of hydrogen-bond donors (Lipinski definition) is 1. The summed E-state index contributed by atoms with van der Waals surface area (Å²) in [5, 5.41) is 8.49. The van der Waals surface area contributed by atoms with Crippen LogP contribution >= 0.6 is 0 Å². The Hall–Kier alpha value is -2.46. The third-order valence-corrected chi connectivity index (χ3v) is 3.54. The zero-order valence-corrected chi connectivity index (χ0v) is 12.0. The van der Waals surface area contributed by atoms with E-state index < -0.39 is 0 Å². The van der Waals surface area contributed by atoms with Gasteiger partial charge in [0.15, 0.2) is 0 Å². The van der Waals surface area contributed by atoms with E-state index in [0.29, 0.717) is 6.42 Å². The van der Waals surface area contributed by atoms with Crippen LogP contribution in [0, 0.1) is 6.92 Å². The summed E-state index contributed by atoms with van der Waals surface area (Å²) in [5.74, 6) is 1.76. The van der Waals surface area contributed by atoms with Gasteiger partial charge in [0.25, 0.3) is 0 Å². The van der Waals surface area contributed by atoms with Crippen LogP contribution in [0.2, 0.25) is 0 Å². The zero-order valence-electron chi connectivity index (χ0n) is 12.0. The Balaban J connectivity index is 1.91. The standard InChI is InChI=1S/C17H18N4/c1-13-19-20-17(21(13)15-10-6-3-7-11-15)12-16(18)14-8-4-2-5-9-14/h2-11,16H,12,18H2,1H3. The smallest absolute Gasteiger partial charge is 0.139 e. The molecule has 21 heavy (non-hydrogen) atoms. The van der Waals surface area contributed by atoms with Crippen molar-refractivity contribution < 1.29 is 0 Å². The van der Waals surface area contributed by atoms with E-state index in [0.717, 1.165) is 22.9 Å². The first kappa shape index (κ1) is 13.5. The van der Waals surface area contributed by atoms with Crippen LogP contribution < -0.4 is 5.73 Å². The molecular weight excluding hydrogens is 260 g/mol. The highest BCUT2D eigenvalue weighted by Gasteiger charge is 2.15. The molecule has 0 amide bonds. The number of aromatic nitrogens is 3. The van der Waals surface area contributed by atoms with Crippen molar-refractivity contribution in [1.82, 2.24) is 14.8 Å². The van der Waals surface area contributed by atoms with Crippen LogP contribution in [0.15, 0.2) is 60.7 Å². The fourth-order valence-electron chi connectivity index (χ4n) is 2.47. The third-order valence-electron chi connectivity index (χ3n) is 3.54. The van der Waals surface area contributed by atoms with E-state index in [9.17, 15) is 0 Å². The van der Waals surface area contributed by atoms with Gasteiger partial charge >= 0.3 is 0 Å². The summed E-state index contributed by atoms with van der Waals surface area (Å²) in [7, 11) is 0. The number of para-hydroxylation sites is 1. The van der Waals surface area contributed by atoms with Crippen LogP contribution in [0.25, 0.3) is 5.69 Å². The SMILES string of the molecule is Cc1nnc(CC(N)c2ccccc2)n1-c1ccccc1. The molecule has 106 valence electrons. The van der Waals surface area contributed by atoms with Gasteiger partial charge in [0, 0.05) is 18.2 Å². The van der Waals surface area contributed by atoms with Gasteiger partial charge in [-0.1, -0.05) is 48.5 Å². The quantitative estimate of drug-likeness (QED) is 0.798. The highest BCUT2D eigenvalue weighted by Crippen LogP contribution is 2.18. The van der Waals surface area contributed by atoms with Gasteiger partial charge in [0.05, 0.1) is 0 Å². The van der Waals surface area contributed by atoms with Gasteiger partial charge in [0.1, 0.15) is 11.6 Å². The zero-order chi connectivity index (χ0) is 14.7. The second kappa shape index (κ2) is 5.89. The van der Waals surface area contributed by atoms with E-state index in [2.05, 4.69) is 14.8 Å². The first-order valence-corrected chi connectivity index (χ1v) is 7.02. The van der Waals surface area contributed by atoms with Crippen LogP contribution in [-0.2, 0) is 6.42 Å². The molecule has 3 rings (SSSR count). The Bertz CT molecular complexity index is 704. The van der Waals surface area contributed by atoms with E-state index in [4.69, 9.17) is 5.73 Å². The maximum atomic E-state index is 6.30. The van der Waals surface area contributed by atoms with Crippen LogP contribution in [0.3, 0.4) is 0 Å². The first-order chi connectivity index (χ1) is 10.3. The summed E-state index contributed by atoms with van der Waals surface area (Å²) in [5.41, 5.74) is 8.48. The van der Waals surface area contributed by atoms with E-state index in [1.54, 1.807) is 0 Å². The summed E-state index contributed by atoms with van der Waals surface area (Å²) >= 11 is 0. The summed E-state index contributed by atoms with van der Waals surface area (Å²) in [4.78, 5) is 0. The lowest BCUT2D eigenvalue weighted by Crippen LogP contribution is -2.16. The molecule has 2 N–H and O–H groups in total. The molecule has 0 aliphatic rings. The Labute approximate surface area is 124 Å². The third kappa shape index (κ3) is 2.85. The van der Waals surface area contributed by atoms with Crippen molar-refractivity contribution in [2.24, 2.45) is 5.73 Å². The fraction of sp³-hybridized carbons (Fsp3) is 0.176. The minimum atomic E-state index is -0.0859. The van der Waals surface area contributed by atoms with Crippen molar-refractivity contribution in [2.45, 2.75) is 19.4 Å². The van der Waals surface area contributed by atoms with Crippen molar-refractivity contribution >= 4 is 0 Å².